The first-order chi connectivity index (χ1) is 13.5. The van der Waals surface area contributed by atoms with Gasteiger partial charge in [0.15, 0.2) is 11.4 Å². The third-order valence-corrected chi connectivity index (χ3v) is 6.26. The minimum atomic E-state index is -2.73. The van der Waals surface area contributed by atoms with E-state index in [1.54, 1.807) is 0 Å². The number of carbonyl (C=O) groups excluding carboxylic acids is 3. The van der Waals surface area contributed by atoms with E-state index in [9.17, 15) is 34.8 Å². The summed E-state index contributed by atoms with van der Waals surface area (Å²) in [6.45, 7) is 0. The van der Waals surface area contributed by atoms with Crippen LogP contribution in [0.5, 0.6) is 5.75 Å². The summed E-state index contributed by atoms with van der Waals surface area (Å²) in [6, 6.07) is 2.31. The van der Waals surface area contributed by atoms with E-state index in [0.29, 0.717) is 0 Å². The number of phenols is 1. The van der Waals surface area contributed by atoms with Crippen LogP contribution in [-0.2, 0) is 9.59 Å². The van der Waals surface area contributed by atoms with Crippen LogP contribution in [0.4, 0.5) is 4.39 Å². The van der Waals surface area contributed by atoms with E-state index in [0.717, 1.165) is 6.07 Å². The van der Waals surface area contributed by atoms with Crippen molar-refractivity contribution in [3.8, 4) is 5.75 Å². The molecule has 29 heavy (non-hydrogen) atoms. The first-order valence-corrected chi connectivity index (χ1v) is 9.02. The highest BCUT2D eigenvalue weighted by Crippen LogP contribution is 2.56. The number of aliphatic hydroxyl groups excluding tert-OH is 2. The summed E-state index contributed by atoms with van der Waals surface area (Å²) in [6.07, 6.45) is -2.67. The van der Waals surface area contributed by atoms with Crippen LogP contribution in [0.25, 0.3) is 0 Å². The smallest absolute Gasteiger partial charge is 0.255 e. The van der Waals surface area contributed by atoms with Crippen LogP contribution in [0.1, 0.15) is 34.9 Å². The fourth-order valence-corrected chi connectivity index (χ4v) is 4.83. The maximum absolute atomic E-state index is 15.4. The molecule has 0 fully saturated rings. The number of hydrogen-bond donors (Lipinski definition) is 5. The summed E-state index contributed by atoms with van der Waals surface area (Å²) in [4.78, 5) is 37.3. The predicted octanol–water partition coefficient (Wildman–Crippen LogP) is 1.70. The van der Waals surface area contributed by atoms with Crippen molar-refractivity contribution in [3.05, 3.63) is 50.9 Å². The van der Waals surface area contributed by atoms with Gasteiger partial charge in [0, 0.05) is 34.4 Å². The number of rotatable bonds is 1. The van der Waals surface area contributed by atoms with Crippen LogP contribution in [0.2, 0.25) is 5.02 Å². The first-order valence-electron chi connectivity index (χ1n) is 8.64. The lowest BCUT2D eigenvalue weighted by atomic mass is 9.60. The summed E-state index contributed by atoms with van der Waals surface area (Å²) < 4.78 is 15.4. The Labute approximate surface area is 167 Å². The van der Waals surface area contributed by atoms with Gasteiger partial charge >= 0.3 is 0 Å². The highest BCUT2D eigenvalue weighted by molar-refractivity contribution is 6.32. The normalized spacial score (nSPS) is 31.3. The highest BCUT2D eigenvalue weighted by atomic mass is 35.5. The van der Waals surface area contributed by atoms with Crippen molar-refractivity contribution < 1.29 is 39.2 Å². The number of fused-ring (bicyclic) bond motifs is 3. The molecule has 0 saturated heterocycles. The molecule has 1 aromatic rings. The lowest BCUT2D eigenvalue weighted by Gasteiger charge is -2.46. The van der Waals surface area contributed by atoms with Crippen LogP contribution >= 0.6 is 11.6 Å². The zero-order valence-corrected chi connectivity index (χ0v) is 15.4. The number of phenolic OH excluding ortho intramolecular Hbond substituents is 1. The molecule has 0 aromatic heterocycles. The number of alkyl halides is 1. The summed E-state index contributed by atoms with van der Waals surface area (Å²) in [7, 11) is 0. The average molecular weight is 424 g/mol. The molecule has 6 N–H and O–H groups in total. The number of nitrogens with two attached hydrogens (primary N) is 1. The van der Waals surface area contributed by atoms with Gasteiger partial charge in [-0.15, -0.1) is 0 Å². The van der Waals surface area contributed by atoms with Gasteiger partial charge in [-0.2, -0.15) is 0 Å². The van der Waals surface area contributed by atoms with Gasteiger partial charge in [-0.3, -0.25) is 14.4 Å². The molecule has 0 saturated carbocycles. The number of benzene rings is 1. The van der Waals surface area contributed by atoms with Crippen molar-refractivity contribution in [3.63, 3.8) is 0 Å². The fourth-order valence-electron chi connectivity index (χ4n) is 4.57. The molecule has 0 spiro atoms. The quantitative estimate of drug-likeness (QED) is 0.430. The molecule has 0 bridgehead atoms. The number of Topliss-reactive ketones (excluding diaryl/α,β-unsaturated/α-hetero) is 2. The van der Waals surface area contributed by atoms with Crippen LogP contribution in [0, 0.1) is 11.8 Å². The van der Waals surface area contributed by atoms with Gasteiger partial charge < -0.3 is 26.2 Å². The van der Waals surface area contributed by atoms with Crippen LogP contribution in [0.15, 0.2) is 34.8 Å². The molecule has 3 aliphatic rings. The number of halogens is 2. The summed E-state index contributed by atoms with van der Waals surface area (Å²) in [5.74, 6) is -8.54. The number of aliphatic hydroxyl groups is 3. The SMILES string of the molecule is NC(=O)C1=C(O)C[C@@H]2C[C@H]3C(=C(O)[C@]2(O)C1=O)C(=O)c1c(O)ccc(Cl)c1[C@H]3F. The van der Waals surface area contributed by atoms with Crippen molar-refractivity contribution in [1.82, 2.24) is 0 Å². The van der Waals surface area contributed by atoms with Gasteiger partial charge in [0.05, 0.1) is 5.56 Å². The van der Waals surface area contributed by atoms with E-state index in [1.807, 2.05) is 0 Å². The van der Waals surface area contributed by atoms with Crippen LogP contribution < -0.4 is 5.73 Å². The molecule has 152 valence electrons. The Morgan fingerprint density at radius 1 is 1.24 bits per heavy atom. The third-order valence-electron chi connectivity index (χ3n) is 5.94. The first kappa shape index (κ1) is 19.4. The van der Waals surface area contributed by atoms with Gasteiger partial charge in [0.2, 0.25) is 5.78 Å². The summed E-state index contributed by atoms with van der Waals surface area (Å²) >= 11 is 6.02. The Kier molecular flexibility index (Phi) is 4.04. The van der Waals surface area contributed by atoms with Gasteiger partial charge in [0.1, 0.15) is 29.0 Å². The molecule has 0 aliphatic heterocycles. The maximum Gasteiger partial charge on any atom is 0.255 e. The highest BCUT2D eigenvalue weighted by Gasteiger charge is 2.61. The monoisotopic (exact) mass is 423 g/mol. The Morgan fingerprint density at radius 3 is 2.52 bits per heavy atom. The zero-order chi connectivity index (χ0) is 21.4. The molecule has 10 heteroatoms. The molecule has 4 rings (SSSR count). The Bertz CT molecular complexity index is 1080. The summed E-state index contributed by atoms with van der Waals surface area (Å²) in [5.41, 5.74) is 0.172. The van der Waals surface area contributed by atoms with Crippen molar-refractivity contribution in [1.29, 1.82) is 0 Å². The van der Waals surface area contributed by atoms with Gasteiger partial charge in [-0.05, 0) is 18.6 Å². The van der Waals surface area contributed by atoms with Crippen molar-refractivity contribution in [2.45, 2.75) is 24.6 Å². The van der Waals surface area contributed by atoms with Crippen molar-refractivity contribution >= 4 is 29.1 Å². The molecular weight excluding hydrogens is 409 g/mol. The van der Waals surface area contributed by atoms with Gasteiger partial charge in [-0.25, -0.2) is 4.39 Å². The Morgan fingerprint density at radius 2 is 1.90 bits per heavy atom. The minimum Gasteiger partial charge on any atom is -0.511 e. The second kappa shape index (κ2) is 6.04. The number of allylic oxidation sites excluding steroid dienone is 2. The minimum absolute atomic E-state index is 0.100. The van der Waals surface area contributed by atoms with E-state index >= 15 is 4.39 Å². The fraction of sp³-hybridized carbons (Fsp3) is 0.316. The second-order valence-corrected chi connectivity index (χ2v) is 7.78. The topological polar surface area (TPSA) is 158 Å². The third kappa shape index (κ3) is 2.31. The van der Waals surface area contributed by atoms with Crippen LogP contribution in [-0.4, -0.2) is 43.5 Å². The molecule has 8 nitrogen and oxygen atoms in total. The molecule has 0 heterocycles. The molecule has 3 aliphatic carbocycles. The van der Waals surface area contributed by atoms with E-state index < -0.39 is 81.5 Å². The molecule has 1 aromatic carbocycles. The predicted molar refractivity (Wildman–Crippen MR) is 96.0 cm³/mol. The summed E-state index contributed by atoms with van der Waals surface area (Å²) in [5, 5.41) is 41.7. The number of carbonyl (C=O) groups is 3. The number of amides is 1. The number of hydrogen-bond acceptors (Lipinski definition) is 7. The molecule has 0 unspecified atom stereocenters. The van der Waals surface area contributed by atoms with E-state index in [-0.39, 0.29) is 17.0 Å². The number of aromatic hydroxyl groups is 1. The molecule has 1 amide bonds. The Balaban J connectivity index is 1.97. The van der Waals surface area contributed by atoms with Crippen molar-refractivity contribution in [2.24, 2.45) is 17.6 Å². The zero-order valence-electron chi connectivity index (χ0n) is 14.6. The lowest BCUT2D eigenvalue weighted by Crippen LogP contribution is -2.57. The number of ketones is 2. The molecular formula is C19H15ClFNO7. The largest absolute Gasteiger partial charge is 0.511 e. The molecule has 0 radical (unpaired) electrons. The Hall–Kier alpha value is -2.91. The standard InChI is InChI=1S/C19H15ClFNO7/c20-7-1-2-8(23)12-11(7)14(21)6-3-5-4-9(24)13(18(22)28)17(27)19(5,29)16(26)10(6)15(12)25/h1-2,5-6,14,23-24,26,29H,3-4H2,(H2,22,28)/t5-,6-,14-,19-/m0/s1. The van der Waals surface area contributed by atoms with Crippen molar-refractivity contribution in [2.75, 3.05) is 0 Å². The van der Waals surface area contributed by atoms with Gasteiger partial charge in [-0.1, -0.05) is 11.6 Å². The van der Waals surface area contributed by atoms with E-state index in [4.69, 9.17) is 17.3 Å². The maximum atomic E-state index is 15.4. The second-order valence-electron chi connectivity index (χ2n) is 7.37. The average Bonchev–Trinajstić information content (AvgIpc) is 2.64. The van der Waals surface area contributed by atoms with Gasteiger partial charge in [0.25, 0.3) is 5.91 Å². The number of primary amides is 1. The van der Waals surface area contributed by atoms with Crippen LogP contribution in [0.3, 0.4) is 0 Å². The van der Waals surface area contributed by atoms with E-state index in [2.05, 4.69) is 0 Å². The lowest BCUT2D eigenvalue weighted by molar-refractivity contribution is -0.144. The molecule has 4 atom stereocenters. The van der Waals surface area contributed by atoms with E-state index in [1.165, 1.54) is 6.07 Å².